The SMILES string of the molecule is CC(=O)Nc1ccc(NCc2nc(C)c(C)o2)cc1. The van der Waals surface area contributed by atoms with Crippen molar-refractivity contribution >= 4 is 17.3 Å². The Bertz CT molecular complexity index is 553. The summed E-state index contributed by atoms with van der Waals surface area (Å²) >= 11 is 0. The molecule has 0 aliphatic carbocycles. The lowest BCUT2D eigenvalue weighted by molar-refractivity contribution is -0.114. The van der Waals surface area contributed by atoms with Crippen molar-refractivity contribution in [1.29, 1.82) is 0 Å². The van der Waals surface area contributed by atoms with Gasteiger partial charge in [-0.15, -0.1) is 0 Å². The van der Waals surface area contributed by atoms with Crippen molar-refractivity contribution in [1.82, 2.24) is 4.98 Å². The van der Waals surface area contributed by atoms with Crippen LogP contribution in [0.1, 0.15) is 24.3 Å². The van der Waals surface area contributed by atoms with Gasteiger partial charge < -0.3 is 15.1 Å². The fraction of sp³-hybridized carbons (Fsp3) is 0.286. The summed E-state index contributed by atoms with van der Waals surface area (Å²) in [6, 6.07) is 7.48. The minimum Gasteiger partial charge on any atom is -0.444 e. The van der Waals surface area contributed by atoms with Crippen LogP contribution < -0.4 is 10.6 Å². The summed E-state index contributed by atoms with van der Waals surface area (Å²) in [5.74, 6) is 1.44. The number of amides is 1. The molecular weight excluding hydrogens is 242 g/mol. The van der Waals surface area contributed by atoms with Crippen molar-refractivity contribution in [3.63, 3.8) is 0 Å². The molecule has 0 radical (unpaired) electrons. The highest BCUT2D eigenvalue weighted by Crippen LogP contribution is 2.15. The fourth-order valence-electron chi connectivity index (χ4n) is 1.67. The number of aryl methyl sites for hydroxylation is 2. The van der Waals surface area contributed by atoms with Gasteiger partial charge in [0.2, 0.25) is 11.8 Å². The van der Waals surface area contributed by atoms with Gasteiger partial charge in [0.1, 0.15) is 5.76 Å². The average Bonchev–Trinajstić information content (AvgIpc) is 2.67. The molecule has 0 aliphatic heterocycles. The minimum atomic E-state index is -0.0774. The second-order valence-electron chi connectivity index (χ2n) is 4.36. The minimum absolute atomic E-state index is 0.0774. The van der Waals surface area contributed by atoms with Crippen LogP contribution in [0.15, 0.2) is 28.7 Å². The van der Waals surface area contributed by atoms with Crippen molar-refractivity contribution < 1.29 is 9.21 Å². The van der Waals surface area contributed by atoms with Gasteiger partial charge in [-0.3, -0.25) is 4.79 Å². The number of aromatic nitrogens is 1. The first-order valence-electron chi connectivity index (χ1n) is 6.09. The number of anilines is 2. The molecule has 0 spiro atoms. The molecule has 1 aromatic carbocycles. The van der Waals surface area contributed by atoms with Crippen LogP contribution in [0.2, 0.25) is 0 Å². The molecule has 0 fully saturated rings. The van der Waals surface area contributed by atoms with Crippen LogP contribution in [-0.4, -0.2) is 10.9 Å². The van der Waals surface area contributed by atoms with E-state index in [2.05, 4.69) is 15.6 Å². The monoisotopic (exact) mass is 259 g/mol. The standard InChI is InChI=1S/C14H17N3O2/c1-9-10(2)19-14(16-9)8-15-12-4-6-13(7-5-12)17-11(3)18/h4-7,15H,8H2,1-3H3,(H,17,18). The predicted molar refractivity (Wildman–Crippen MR) is 74.0 cm³/mol. The lowest BCUT2D eigenvalue weighted by Crippen LogP contribution is -2.05. The zero-order chi connectivity index (χ0) is 13.8. The van der Waals surface area contributed by atoms with Gasteiger partial charge in [-0.25, -0.2) is 4.98 Å². The molecule has 1 amide bonds. The van der Waals surface area contributed by atoms with Crippen LogP contribution in [0.4, 0.5) is 11.4 Å². The lowest BCUT2D eigenvalue weighted by Gasteiger charge is -2.06. The Balaban J connectivity index is 1.94. The van der Waals surface area contributed by atoms with Gasteiger partial charge in [0, 0.05) is 18.3 Å². The fourth-order valence-corrected chi connectivity index (χ4v) is 1.67. The first-order chi connectivity index (χ1) is 9.04. The summed E-state index contributed by atoms with van der Waals surface area (Å²) in [6.07, 6.45) is 0. The van der Waals surface area contributed by atoms with Crippen LogP contribution in [0.5, 0.6) is 0 Å². The van der Waals surface area contributed by atoms with Gasteiger partial charge in [-0.2, -0.15) is 0 Å². The third-order valence-electron chi connectivity index (χ3n) is 2.72. The smallest absolute Gasteiger partial charge is 0.221 e. The van der Waals surface area contributed by atoms with Crippen LogP contribution in [0, 0.1) is 13.8 Å². The van der Waals surface area contributed by atoms with E-state index in [0.29, 0.717) is 12.4 Å². The zero-order valence-corrected chi connectivity index (χ0v) is 11.3. The maximum atomic E-state index is 10.9. The Morgan fingerprint density at radius 1 is 1.21 bits per heavy atom. The summed E-state index contributed by atoms with van der Waals surface area (Å²) < 4.78 is 5.48. The summed E-state index contributed by atoms with van der Waals surface area (Å²) in [5.41, 5.74) is 2.64. The molecule has 0 aliphatic rings. The summed E-state index contributed by atoms with van der Waals surface area (Å²) in [7, 11) is 0. The van der Waals surface area contributed by atoms with E-state index in [1.165, 1.54) is 6.92 Å². The van der Waals surface area contributed by atoms with E-state index in [4.69, 9.17) is 4.42 Å². The van der Waals surface area contributed by atoms with E-state index in [-0.39, 0.29) is 5.91 Å². The van der Waals surface area contributed by atoms with Crippen molar-refractivity contribution in [2.75, 3.05) is 10.6 Å². The van der Waals surface area contributed by atoms with E-state index in [9.17, 15) is 4.79 Å². The molecule has 5 nitrogen and oxygen atoms in total. The topological polar surface area (TPSA) is 67.2 Å². The number of benzene rings is 1. The van der Waals surface area contributed by atoms with E-state index in [0.717, 1.165) is 22.8 Å². The average molecular weight is 259 g/mol. The molecule has 0 atom stereocenters. The van der Waals surface area contributed by atoms with Crippen LogP contribution in [0.3, 0.4) is 0 Å². The van der Waals surface area contributed by atoms with Crippen LogP contribution in [-0.2, 0) is 11.3 Å². The van der Waals surface area contributed by atoms with Crippen LogP contribution in [0.25, 0.3) is 0 Å². The van der Waals surface area contributed by atoms with E-state index < -0.39 is 0 Å². The Hall–Kier alpha value is -2.30. The Morgan fingerprint density at radius 3 is 2.37 bits per heavy atom. The highest BCUT2D eigenvalue weighted by Gasteiger charge is 2.04. The lowest BCUT2D eigenvalue weighted by atomic mass is 10.2. The normalized spacial score (nSPS) is 10.3. The summed E-state index contributed by atoms with van der Waals surface area (Å²) in [5, 5.41) is 5.93. The van der Waals surface area contributed by atoms with E-state index in [1.54, 1.807) is 0 Å². The van der Waals surface area contributed by atoms with Gasteiger partial charge >= 0.3 is 0 Å². The number of oxazole rings is 1. The molecular formula is C14H17N3O2. The van der Waals surface area contributed by atoms with E-state index in [1.807, 2.05) is 38.1 Å². The Kier molecular flexibility index (Phi) is 3.85. The number of carbonyl (C=O) groups is 1. The largest absolute Gasteiger partial charge is 0.444 e. The molecule has 5 heteroatoms. The summed E-state index contributed by atoms with van der Waals surface area (Å²) in [4.78, 5) is 15.2. The van der Waals surface area contributed by atoms with Gasteiger partial charge in [-0.1, -0.05) is 0 Å². The highest BCUT2D eigenvalue weighted by atomic mass is 16.4. The molecule has 1 aromatic heterocycles. The molecule has 2 aromatic rings. The second kappa shape index (κ2) is 5.56. The molecule has 0 saturated heterocycles. The zero-order valence-electron chi connectivity index (χ0n) is 11.3. The van der Waals surface area contributed by atoms with Crippen molar-refractivity contribution in [3.8, 4) is 0 Å². The maximum Gasteiger partial charge on any atom is 0.221 e. The van der Waals surface area contributed by atoms with Gasteiger partial charge in [0.05, 0.1) is 12.2 Å². The molecule has 100 valence electrons. The highest BCUT2D eigenvalue weighted by molar-refractivity contribution is 5.88. The third kappa shape index (κ3) is 3.58. The van der Waals surface area contributed by atoms with Crippen molar-refractivity contribution in [3.05, 3.63) is 41.6 Å². The number of hydrogen-bond donors (Lipinski definition) is 2. The molecule has 2 rings (SSSR count). The van der Waals surface area contributed by atoms with E-state index >= 15 is 0 Å². The predicted octanol–water partition coefficient (Wildman–Crippen LogP) is 2.86. The number of nitrogens with one attached hydrogen (secondary N) is 2. The number of rotatable bonds is 4. The maximum absolute atomic E-state index is 10.9. The first-order valence-corrected chi connectivity index (χ1v) is 6.09. The Labute approximate surface area is 112 Å². The second-order valence-corrected chi connectivity index (χ2v) is 4.36. The third-order valence-corrected chi connectivity index (χ3v) is 2.72. The number of nitrogens with zero attached hydrogens (tertiary/aromatic N) is 1. The first kappa shape index (κ1) is 13.1. The quantitative estimate of drug-likeness (QED) is 0.886. The number of carbonyl (C=O) groups excluding carboxylic acids is 1. The molecule has 0 bridgehead atoms. The van der Waals surface area contributed by atoms with Gasteiger partial charge in [0.25, 0.3) is 0 Å². The van der Waals surface area contributed by atoms with Crippen LogP contribution >= 0.6 is 0 Å². The molecule has 0 saturated carbocycles. The Morgan fingerprint density at radius 2 is 1.84 bits per heavy atom. The molecule has 1 heterocycles. The van der Waals surface area contributed by atoms with Crippen molar-refractivity contribution in [2.24, 2.45) is 0 Å². The number of hydrogen-bond acceptors (Lipinski definition) is 4. The summed E-state index contributed by atoms with van der Waals surface area (Å²) in [6.45, 7) is 5.84. The molecule has 2 N–H and O–H groups in total. The molecule has 19 heavy (non-hydrogen) atoms. The van der Waals surface area contributed by atoms with Crippen molar-refractivity contribution in [2.45, 2.75) is 27.3 Å². The van der Waals surface area contributed by atoms with Gasteiger partial charge in [-0.05, 0) is 38.1 Å². The van der Waals surface area contributed by atoms with Gasteiger partial charge in [0.15, 0.2) is 0 Å². The molecule has 0 unspecified atom stereocenters.